The van der Waals surface area contributed by atoms with E-state index < -0.39 is 17.4 Å². The van der Waals surface area contributed by atoms with Crippen LogP contribution in [0.4, 0.5) is 0 Å². The normalized spacial score (nSPS) is 11.3. The number of hydrogen-bond acceptors (Lipinski definition) is 6. The van der Waals surface area contributed by atoms with Crippen LogP contribution in [0.3, 0.4) is 0 Å². The predicted octanol–water partition coefficient (Wildman–Crippen LogP) is 0.0215. The Kier molecular flexibility index (Phi) is 3.66. The number of rotatable bonds is 4. The minimum atomic E-state index is -0.640. The smallest absolute Gasteiger partial charge is 0.293 e. The van der Waals surface area contributed by atoms with Gasteiger partial charge >= 0.3 is 0 Å². The van der Waals surface area contributed by atoms with Crippen molar-refractivity contribution in [3.8, 4) is 0 Å². The number of aromatic nitrogens is 3. The zero-order valence-corrected chi connectivity index (χ0v) is 11.2. The second-order valence-corrected chi connectivity index (χ2v) is 4.88. The van der Waals surface area contributed by atoms with Gasteiger partial charge in [0, 0.05) is 0 Å². The number of amides is 2. The van der Waals surface area contributed by atoms with Crippen molar-refractivity contribution in [2.24, 2.45) is 5.73 Å². The summed E-state index contributed by atoms with van der Waals surface area (Å²) in [5.74, 6) is -1.04. The van der Waals surface area contributed by atoms with Crippen molar-refractivity contribution < 1.29 is 14.0 Å². The third-order valence-electron chi connectivity index (χ3n) is 2.50. The van der Waals surface area contributed by atoms with E-state index in [9.17, 15) is 9.59 Å². The number of nitrogens with zero attached hydrogens (tertiary/aromatic N) is 3. The van der Waals surface area contributed by atoms with Crippen LogP contribution in [0.2, 0.25) is 0 Å². The van der Waals surface area contributed by atoms with Crippen LogP contribution in [0.5, 0.6) is 0 Å². The minimum absolute atomic E-state index is 0.0701. The molecule has 0 atom stereocenters. The van der Waals surface area contributed by atoms with E-state index in [1.807, 2.05) is 0 Å². The lowest BCUT2D eigenvalue weighted by Gasteiger charge is -2.13. The van der Waals surface area contributed by atoms with Gasteiger partial charge in [0.1, 0.15) is 12.2 Å². The van der Waals surface area contributed by atoms with Crippen LogP contribution in [0, 0.1) is 0 Å². The number of carbonyl (C=O) groups is 2. The van der Waals surface area contributed by atoms with Crippen molar-refractivity contribution in [3.63, 3.8) is 0 Å². The first-order chi connectivity index (χ1) is 9.36. The van der Waals surface area contributed by atoms with Crippen molar-refractivity contribution in [2.75, 3.05) is 0 Å². The van der Waals surface area contributed by atoms with Crippen molar-refractivity contribution >= 4 is 11.8 Å². The first kappa shape index (κ1) is 13.9. The van der Waals surface area contributed by atoms with E-state index in [0.717, 1.165) is 0 Å². The monoisotopic (exact) mass is 277 g/mol. The molecule has 2 aromatic heterocycles. The molecule has 8 nitrogen and oxygen atoms in total. The van der Waals surface area contributed by atoms with Gasteiger partial charge in [0.2, 0.25) is 5.91 Å². The van der Waals surface area contributed by atoms with Gasteiger partial charge in [-0.05, 0) is 26.0 Å². The van der Waals surface area contributed by atoms with Gasteiger partial charge in [-0.25, -0.2) is 4.68 Å². The number of hydrogen-bond donors (Lipinski definition) is 2. The highest BCUT2D eigenvalue weighted by molar-refractivity contribution is 6.02. The molecule has 0 aliphatic heterocycles. The molecule has 2 rings (SSSR count). The SMILES string of the molecule is CC(C)(N)c1cn(CC(=O)NC(=O)c2ccco2)nn1. The molecule has 3 N–H and O–H groups in total. The van der Waals surface area contributed by atoms with Gasteiger partial charge in [-0.15, -0.1) is 5.10 Å². The van der Waals surface area contributed by atoms with E-state index in [1.54, 1.807) is 26.1 Å². The lowest BCUT2D eigenvalue weighted by Crippen LogP contribution is -2.33. The van der Waals surface area contributed by atoms with Crippen LogP contribution in [0.15, 0.2) is 29.0 Å². The van der Waals surface area contributed by atoms with Gasteiger partial charge in [-0.3, -0.25) is 14.9 Å². The predicted molar refractivity (Wildman–Crippen MR) is 68.4 cm³/mol. The fraction of sp³-hybridized carbons (Fsp3) is 0.333. The molecule has 0 aliphatic rings. The Morgan fingerprint density at radius 1 is 1.50 bits per heavy atom. The van der Waals surface area contributed by atoms with Crippen molar-refractivity contribution in [3.05, 3.63) is 36.0 Å². The summed E-state index contributed by atoms with van der Waals surface area (Å²) >= 11 is 0. The highest BCUT2D eigenvalue weighted by atomic mass is 16.3. The van der Waals surface area contributed by atoms with Crippen LogP contribution in [0.1, 0.15) is 30.1 Å². The largest absolute Gasteiger partial charge is 0.459 e. The topological polar surface area (TPSA) is 116 Å². The molecule has 20 heavy (non-hydrogen) atoms. The minimum Gasteiger partial charge on any atom is -0.459 e. The number of nitrogens with one attached hydrogen (secondary N) is 1. The molecule has 0 saturated heterocycles. The van der Waals surface area contributed by atoms with Gasteiger partial charge < -0.3 is 10.2 Å². The zero-order valence-electron chi connectivity index (χ0n) is 11.2. The molecule has 2 heterocycles. The van der Waals surface area contributed by atoms with E-state index >= 15 is 0 Å². The maximum atomic E-state index is 11.7. The quantitative estimate of drug-likeness (QED) is 0.814. The summed E-state index contributed by atoms with van der Waals surface area (Å²) in [6.45, 7) is 3.43. The lowest BCUT2D eigenvalue weighted by atomic mass is 10.0. The Morgan fingerprint density at radius 2 is 2.25 bits per heavy atom. The average molecular weight is 277 g/mol. The maximum Gasteiger partial charge on any atom is 0.293 e. The molecule has 0 fully saturated rings. The molecule has 0 radical (unpaired) electrons. The van der Waals surface area contributed by atoms with E-state index in [4.69, 9.17) is 10.2 Å². The summed E-state index contributed by atoms with van der Waals surface area (Å²) in [5.41, 5.74) is 5.78. The van der Waals surface area contributed by atoms with Crippen molar-refractivity contribution in [2.45, 2.75) is 25.9 Å². The van der Waals surface area contributed by atoms with Crippen LogP contribution in [-0.4, -0.2) is 26.8 Å². The summed E-state index contributed by atoms with van der Waals surface area (Å²) in [6.07, 6.45) is 2.92. The molecule has 0 spiro atoms. The molecule has 0 aromatic carbocycles. The Hall–Kier alpha value is -2.48. The van der Waals surface area contributed by atoms with Gasteiger partial charge in [0.25, 0.3) is 5.91 Å². The van der Waals surface area contributed by atoms with Crippen LogP contribution >= 0.6 is 0 Å². The van der Waals surface area contributed by atoms with E-state index in [-0.39, 0.29) is 12.3 Å². The summed E-state index contributed by atoms with van der Waals surface area (Å²) < 4.78 is 6.19. The molecule has 0 bridgehead atoms. The third-order valence-corrected chi connectivity index (χ3v) is 2.50. The number of nitrogens with two attached hydrogens (primary N) is 1. The number of furan rings is 1. The molecule has 2 amide bonds. The van der Waals surface area contributed by atoms with Crippen LogP contribution < -0.4 is 11.1 Å². The molecule has 106 valence electrons. The molecule has 0 saturated carbocycles. The Labute approximate surface area is 114 Å². The highest BCUT2D eigenvalue weighted by Crippen LogP contribution is 2.12. The van der Waals surface area contributed by atoms with Gasteiger partial charge in [-0.1, -0.05) is 5.21 Å². The molecule has 2 aromatic rings. The molecule has 8 heteroatoms. The Bertz CT molecular complexity index is 609. The Balaban J connectivity index is 1.95. The number of carbonyl (C=O) groups excluding carboxylic acids is 2. The summed E-state index contributed by atoms with van der Waals surface area (Å²) in [5, 5.41) is 9.85. The summed E-state index contributed by atoms with van der Waals surface area (Å²) in [7, 11) is 0. The lowest BCUT2D eigenvalue weighted by molar-refractivity contribution is -0.120. The second-order valence-electron chi connectivity index (χ2n) is 4.88. The van der Waals surface area contributed by atoms with Gasteiger partial charge in [-0.2, -0.15) is 0 Å². The summed E-state index contributed by atoms with van der Waals surface area (Å²) in [4.78, 5) is 23.3. The maximum absolute atomic E-state index is 11.7. The standard InChI is InChI=1S/C12H15N5O3/c1-12(2,13)9-6-17(16-15-9)7-10(18)14-11(19)8-4-3-5-20-8/h3-6H,7,13H2,1-2H3,(H,14,18,19). The van der Waals surface area contributed by atoms with E-state index in [1.165, 1.54) is 17.0 Å². The first-order valence-corrected chi connectivity index (χ1v) is 5.93. The molecule has 0 unspecified atom stereocenters. The highest BCUT2D eigenvalue weighted by Gasteiger charge is 2.19. The average Bonchev–Trinajstić information content (AvgIpc) is 2.97. The van der Waals surface area contributed by atoms with E-state index in [2.05, 4.69) is 15.6 Å². The molecular weight excluding hydrogens is 262 g/mol. The van der Waals surface area contributed by atoms with Crippen molar-refractivity contribution in [1.29, 1.82) is 0 Å². The molecular formula is C12H15N5O3. The fourth-order valence-electron chi connectivity index (χ4n) is 1.45. The fourth-order valence-corrected chi connectivity index (χ4v) is 1.45. The Morgan fingerprint density at radius 3 is 2.80 bits per heavy atom. The van der Waals surface area contributed by atoms with Gasteiger partial charge in [0.05, 0.1) is 18.0 Å². The first-order valence-electron chi connectivity index (χ1n) is 5.93. The van der Waals surface area contributed by atoms with Gasteiger partial charge in [0.15, 0.2) is 5.76 Å². The number of imide groups is 1. The van der Waals surface area contributed by atoms with Crippen LogP contribution in [-0.2, 0) is 16.9 Å². The van der Waals surface area contributed by atoms with Crippen molar-refractivity contribution in [1.82, 2.24) is 20.3 Å². The molecule has 0 aliphatic carbocycles. The summed E-state index contributed by atoms with van der Waals surface area (Å²) in [6, 6.07) is 3.03. The zero-order chi connectivity index (χ0) is 14.8. The second kappa shape index (κ2) is 5.25. The van der Waals surface area contributed by atoms with Crippen LogP contribution in [0.25, 0.3) is 0 Å². The third kappa shape index (κ3) is 3.29. The van der Waals surface area contributed by atoms with E-state index in [0.29, 0.717) is 5.69 Å².